The Morgan fingerprint density at radius 1 is 1.40 bits per heavy atom. The van der Waals surface area contributed by atoms with Crippen LogP contribution in [-0.2, 0) is 0 Å². The number of benzene rings is 1. The lowest BCUT2D eigenvalue weighted by Gasteiger charge is -2.24. The molecule has 0 saturated heterocycles. The molecule has 0 amide bonds. The summed E-state index contributed by atoms with van der Waals surface area (Å²) >= 11 is 0. The van der Waals surface area contributed by atoms with Crippen LogP contribution in [0, 0.1) is 11.2 Å². The van der Waals surface area contributed by atoms with Crippen LogP contribution in [0.5, 0.6) is 0 Å². The van der Waals surface area contributed by atoms with Gasteiger partial charge in [0, 0.05) is 6.54 Å². The molecule has 15 heavy (non-hydrogen) atoms. The molecule has 1 aromatic carbocycles. The number of rotatable bonds is 2. The zero-order valence-corrected chi connectivity index (χ0v) is 9.03. The van der Waals surface area contributed by atoms with E-state index in [1.807, 2.05) is 18.2 Å². The number of quaternary nitrogens is 1. The van der Waals surface area contributed by atoms with E-state index in [0.717, 1.165) is 13.1 Å². The fourth-order valence-electron chi connectivity index (χ4n) is 2.39. The van der Waals surface area contributed by atoms with Gasteiger partial charge in [-0.05, 0) is 6.92 Å². The van der Waals surface area contributed by atoms with Crippen molar-refractivity contribution in [3.05, 3.63) is 42.0 Å². The monoisotopic (exact) mass is 198 g/mol. The smallest absolute Gasteiger partial charge is 0.320 e. The minimum absolute atomic E-state index is 0.855. The van der Waals surface area contributed by atoms with Gasteiger partial charge in [0.2, 0.25) is 0 Å². The first-order valence-corrected chi connectivity index (χ1v) is 5.56. The summed E-state index contributed by atoms with van der Waals surface area (Å²) < 4.78 is 0. The predicted molar refractivity (Wildman–Crippen MR) is 63.6 cm³/mol. The number of hydrogen-bond donors (Lipinski definition) is 1. The maximum Gasteiger partial charge on any atom is 0.320 e. The minimum Gasteiger partial charge on any atom is -0.510 e. The minimum atomic E-state index is -0.855. The summed E-state index contributed by atoms with van der Waals surface area (Å²) in [4.78, 5) is 1.43. The highest BCUT2D eigenvalue weighted by atomic mass is 15.1. The number of nitriles is 1. The standard InChI is InChI=1S/C12H15BN2/c1-2-15-9-8-12(13(15)10-14)11-6-4-3-5-7-11/h3-8,13,15H,2,9H2,1H3. The van der Waals surface area contributed by atoms with E-state index in [1.54, 1.807) is 0 Å². The van der Waals surface area contributed by atoms with Crippen LogP contribution in [0.1, 0.15) is 12.5 Å². The van der Waals surface area contributed by atoms with E-state index in [9.17, 15) is 5.26 Å². The molecule has 2 rings (SSSR count). The maximum absolute atomic E-state index is 9.22. The van der Waals surface area contributed by atoms with Gasteiger partial charge in [0.15, 0.2) is 0 Å². The number of nitrogens with zero attached hydrogens (tertiary/aromatic N) is 1. The van der Waals surface area contributed by atoms with Crippen LogP contribution in [-0.4, -0.2) is 19.9 Å². The van der Waals surface area contributed by atoms with Crippen molar-refractivity contribution in [3.8, 4) is 5.97 Å². The zero-order chi connectivity index (χ0) is 10.7. The Bertz CT molecular complexity index is 405. The van der Waals surface area contributed by atoms with Crippen LogP contribution in [0.2, 0.25) is 0 Å². The molecule has 1 aromatic rings. The first-order chi connectivity index (χ1) is 7.36. The van der Waals surface area contributed by atoms with E-state index in [2.05, 4.69) is 31.1 Å². The summed E-state index contributed by atoms with van der Waals surface area (Å²) in [6.45, 7) is 3.34. The lowest BCUT2D eigenvalue weighted by molar-refractivity contribution is -0.774. The third-order valence-corrected chi connectivity index (χ3v) is 3.32. The van der Waals surface area contributed by atoms with Gasteiger partial charge in [0.1, 0.15) is 0 Å². The molecule has 0 spiro atoms. The summed E-state index contributed by atoms with van der Waals surface area (Å²) in [5, 5.41) is 9.22. The molecular weight excluding hydrogens is 183 g/mol. The van der Waals surface area contributed by atoms with Gasteiger partial charge >= 0.3 is 6.85 Å². The first-order valence-electron chi connectivity index (χ1n) is 5.56. The highest BCUT2D eigenvalue weighted by Gasteiger charge is 2.25. The van der Waals surface area contributed by atoms with Gasteiger partial charge in [-0.1, -0.05) is 47.9 Å². The van der Waals surface area contributed by atoms with Gasteiger partial charge in [-0.25, -0.2) is 5.26 Å². The molecule has 0 radical (unpaired) electrons. The third-order valence-electron chi connectivity index (χ3n) is 3.32. The Morgan fingerprint density at radius 2 is 2.13 bits per heavy atom. The van der Waals surface area contributed by atoms with Crippen molar-refractivity contribution >= 4 is 12.3 Å². The highest BCUT2D eigenvalue weighted by molar-refractivity contribution is 6.79. The zero-order valence-electron chi connectivity index (χ0n) is 9.03. The van der Waals surface area contributed by atoms with Crippen molar-refractivity contribution in [2.75, 3.05) is 13.1 Å². The Morgan fingerprint density at radius 3 is 2.73 bits per heavy atom. The van der Waals surface area contributed by atoms with Gasteiger partial charge in [0.05, 0.1) is 6.54 Å². The summed E-state index contributed by atoms with van der Waals surface area (Å²) in [5.41, 5.74) is 2.50. The maximum atomic E-state index is 9.22. The second-order valence-electron chi connectivity index (χ2n) is 4.09. The van der Waals surface area contributed by atoms with Crippen molar-refractivity contribution in [1.82, 2.24) is 0 Å². The molecular formula is C12H15BN2. The Kier molecular flexibility index (Phi) is 2.89. The molecule has 76 valence electrons. The summed E-state index contributed by atoms with van der Waals surface area (Å²) in [7, 11) is 0. The van der Waals surface area contributed by atoms with Crippen molar-refractivity contribution in [1.29, 1.82) is 5.26 Å². The van der Waals surface area contributed by atoms with Crippen molar-refractivity contribution in [2.24, 2.45) is 0 Å². The highest BCUT2D eigenvalue weighted by Crippen LogP contribution is 2.16. The molecule has 1 N–H and O–H groups in total. The summed E-state index contributed by atoms with van der Waals surface area (Å²) in [5.74, 6) is 2.49. The van der Waals surface area contributed by atoms with E-state index in [1.165, 1.54) is 15.8 Å². The largest absolute Gasteiger partial charge is 0.510 e. The van der Waals surface area contributed by atoms with E-state index < -0.39 is 6.85 Å². The van der Waals surface area contributed by atoms with Crippen molar-refractivity contribution in [3.63, 3.8) is 0 Å². The average Bonchev–Trinajstić information content (AvgIpc) is 2.72. The van der Waals surface area contributed by atoms with E-state index in [4.69, 9.17) is 0 Å². The normalized spacial score (nSPS) is 24.7. The Hall–Kier alpha value is -1.53. The Labute approximate surface area is 90.9 Å². The van der Waals surface area contributed by atoms with E-state index in [0.29, 0.717) is 0 Å². The molecule has 0 saturated carbocycles. The first kappa shape index (κ1) is 10.0. The van der Waals surface area contributed by atoms with Gasteiger partial charge in [0.25, 0.3) is 0 Å². The SMILES string of the molecule is CC[NH+]1CC=C(c2ccccc2)[BH-]1C#N. The van der Waals surface area contributed by atoms with Crippen LogP contribution in [0.15, 0.2) is 36.4 Å². The van der Waals surface area contributed by atoms with Crippen LogP contribution in [0.3, 0.4) is 0 Å². The van der Waals surface area contributed by atoms with Crippen LogP contribution < -0.4 is 4.81 Å². The average molecular weight is 198 g/mol. The van der Waals surface area contributed by atoms with Gasteiger partial charge in [-0.15, -0.1) is 5.47 Å². The third kappa shape index (κ3) is 1.81. The second-order valence-corrected chi connectivity index (χ2v) is 4.09. The summed E-state index contributed by atoms with van der Waals surface area (Å²) in [6, 6.07) is 10.3. The van der Waals surface area contributed by atoms with Gasteiger partial charge < -0.3 is 4.81 Å². The fraction of sp³-hybridized carbons (Fsp3) is 0.250. The topological polar surface area (TPSA) is 28.2 Å². The molecule has 2 nitrogen and oxygen atoms in total. The van der Waals surface area contributed by atoms with E-state index in [-0.39, 0.29) is 0 Å². The van der Waals surface area contributed by atoms with Crippen LogP contribution in [0.25, 0.3) is 5.47 Å². The molecule has 3 heteroatoms. The molecule has 0 bridgehead atoms. The van der Waals surface area contributed by atoms with E-state index >= 15 is 0 Å². The molecule has 2 atom stereocenters. The Balaban J connectivity index is 2.29. The number of hydrogen-bond acceptors (Lipinski definition) is 1. The predicted octanol–water partition coefficient (Wildman–Crippen LogP) is 0.314. The van der Waals surface area contributed by atoms with Crippen LogP contribution in [0.4, 0.5) is 0 Å². The molecule has 1 aliphatic heterocycles. The molecule has 1 aliphatic rings. The summed E-state index contributed by atoms with van der Waals surface area (Å²) in [6.07, 6.45) is 2.23. The number of nitrogens with one attached hydrogen (secondary N) is 1. The lowest BCUT2D eigenvalue weighted by Crippen LogP contribution is -3.16. The van der Waals surface area contributed by atoms with Crippen LogP contribution >= 0.6 is 0 Å². The lowest BCUT2D eigenvalue weighted by atomic mass is 9.55. The molecule has 0 fully saturated rings. The van der Waals surface area contributed by atoms with Crippen molar-refractivity contribution < 1.29 is 4.81 Å². The second kappa shape index (κ2) is 4.33. The van der Waals surface area contributed by atoms with Gasteiger partial charge in [-0.3, -0.25) is 0 Å². The van der Waals surface area contributed by atoms with Crippen molar-refractivity contribution in [2.45, 2.75) is 6.92 Å². The van der Waals surface area contributed by atoms with Gasteiger partial charge in [-0.2, -0.15) is 0 Å². The molecule has 1 heterocycles. The molecule has 2 unspecified atom stereocenters. The fourth-order valence-corrected chi connectivity index (χ4v) is 2.39. The quantitative estimate of drug-likeness (QED) is 0.681. The molecule has 0 aromatic heterocycles. The number of likely N-dealkylation sites (N-methyl/N-ethyl adjacent to an activating group) is 1. The molecule has 0 aliphatic carbocycles.